The van der Waals surface area contributed by atoms with E-state index in [-0.39, 0.29) is 29.8 Å². The SMILES string of the molecule is CC(C)[C@H]1NC(=O)[C@@H]2C[C@H](NCc3cn(C)nc3-c3ccccc3)CN2C1=O. The molecule has 1 aromatic carbocycles. The standard InChI is InChI=1S/C21H27N5O2/c1-13(2)18-21(28)26-12-16(9-17(26)20(27)23-18)22-10-15-11-25(3)24-19(15)14-7-5-4-6-8-14/h4-8,11,13,16-18,22H,9-10,12H2,1-3H3,(H,23,27)/t16-,17-,18+/m0/s1. The number of rotatable bonds is 5. The molecule has 0 bridgehead atoms. The van der Waals surface area contributed by atoms with E-state index in [1.54, 1.807) is 4.90 Å². The first-order valence-electron chi connectivity index (χ1n) is 9.86. The minimum absolute atomic E-state index is 0.0334. The van der Waals surface area contributed by atoms with Gasteiger partial charge in [-0.05, 0) is 12.3 Å². The summed E-state index contributed by atoms with van der Waals surface area (Å²) in [6.07, 6.45) is 2.66. The van der Waals surface area contributed by atoms with E-state index in [9.17, 15) is 9.59 Å². The Labute approximate surface area is 165 Å². The first kappa shape index (κ1) is 18.7. The Morgan fingerprint density at radius 1 is 1.25 bits per heavy atom. The largest absolute Gasteiger partial charge is 0.342 e. The quantitative estimate of drug-likeness (QED) is 0.818. The number of nitrogens with zero attached hydrogens (tertiary/aromatic N) is 3. The molecule has 7 heteroatoms. The van der Waals surface area contributed by atoms with Gasteiger partial charge in [0.2, 0.25) is 11.8 Å². The summed E-state index contributed by atoms with van der Waals surface area (Å²) in [7, 11) is 1.92. The highest BCUT2D eigenvalue weighted by molar-refractivity contribution is 5.97. The second kappa shape index (κ2) is 7.39. The second-order valence-corrected chi connectivity index (χ2v) is 8.09. The highest BCUT2D eigenvalue weighted by Crippen LogP contribution is 2.26. The van der Waals surface area contributed by atoms with Gasteiger partial charge in [-0.1, -0.05) is 44.2 Å². The summed E-state index contributed by atoms with van der Waals surface area (Å²) in [6, 6.07) is 9.43. The van der Waals surface area contributed by atoms with E-state index in [2.05, 4.69) is 27.9 Å². The molecule has 0 aliphatic carbocycles. The summed E-state index contributed by atoms with van der Waals surface area (Å²) in [5, 5.41) is 11.0. The Kier molecular flexibility index (Phi) is 4.93. The predicted octanol–water partition coefficient (Wildman–Crippen LogP) is 1.30. The second-order valence-electron chi connectivity index (χ2n) is 8.09. The Balaban J connectivity index is 1.45. The van der Waals surface area contributed by atoms with Gasteiger partial charge in [-0.25, -0.2) is 0 Å². The molecule has 0 saturated carbocycles. The molecule has 0 spiro atoms. The fourth-order valence-corrected chi connectivity index (χ4v) is 4.18. The minimum atomic E-state index is -0.412. The third kappa shape index (κ3) is 3.42. The van der Waals surface area contributed by atoms with Crippen molar-refractivity contribution in [3.8, 4) is 11.3 Å². The van der Waals surface area contributed by atoms with Gasteiger partial charge in [0.1, 0.15) is 12.1 Å². The Bertz CT molecular complexity index is 876. The molecule has 2 amide bonds. The lowest BCUT2D eigenvalue weighted by Crippen LogP contribution is -2.62. The molecule has 4 rings (SSSR count). The molecule has 2 fully saturated rings. The Morgan fingerprint density at radius 2 is 2.00 bits per heavy atom. The molecule has 3 heterocycles. The summed E-state index contributed by atoms with van der Waals surface area (Å²) >= 11 is 0. The maximum atomic E-state index is 12.7. The van der Waals surface area contributed by atoms with Crippen molar-refractivity contribution in [2.45, 2.75) is 44.9 Å². The van der Waals surface area contributed by atoms with Gasteiger partial charge in [-0.2, -0.15) is 5.10 Å². The molecule has 7 nitrogen and oxygen atoms in total. The van der Waals surface area contributed by atoms with Crippen LogP contribution < -0.4 is 10.6 Å². The van der Waals surface area contributed by atoms with Crippen LogP contribution >= 0.6 is 0 Å². The van der Waals surface area contributed by atoms with E-state index < -0.39 is 6.04 Å². The van der Waals surface area contributed by atoms with E-state index >= 15 is 0 Å². The number of fused-ring (bicyclic) bond motifs is 1. The van der Waals surface area contributed by atoms with Gasteiger partial charge in [-0.3, -0.25) is 14.3 Å². The lowest BCUT2D eigenvalue weighted by Gasteiger charge is -2.36. The molecule has 2 aliphatic heterocycles. The molecule has 2 aromatic rings. The molecular formula is C21H27N5O2. The van der Waals surface area contributed by atoms with Crippen molar-refractivity contribution < 1.29 is 9.59 Å². The molecule has 2 N–H and O–H groups in total. The first-order valence-corrected chi connectivity index (χ1v) is 9.86. The lowest BCUT2D eigenvalue weighted by molar-refractivity contribution is -0.148. The zero-order valence-corrected chi connectivity index (χ0v) is 16.6. The third-order valence-corrected chi connectivity index (χ3v) is 5.65. The number of carbonyl (C=O) groups excluding carboxylic acids is 2. The normalized spacial score (nSPS) is 24.6. The van der Waals surface area contributed by atoms with E-state index in [0.29, 0.717) is 19.5 Å². The van der Waals surface area contributed by atoms with Crippen molar-refractivity contribution in [2.24, 2.45) is 13.0 Å². The number of benzene rings is 1. The summed E-state index contributed by atoms with van der Waals surface area (Å²) in [5.74, 6) is 0.0948. The highest BCUT2D eigenvalue weighted by atomic mass is 16.2. The molecule has 148 valence electrons. The summed E-state index contributed by atoms with van der Waals surface area (Å²) < 4.78 is 1.82. The monoisotopic (exact) mass is 381 g/mol. The Morgan fingerprint density at radius 3 is 2.71 bits per heavy atom. The van der Waals surface area contributed by atoms with Crippen LogP contribution in [0.5, 0.6) is 0 Å². The van der Waals surface area contributed by atoms with Gasteiger partial charge < -0.3 is 15.5 Å². The van der Waals surface area contributed by atoms with E-state index in [0.717, 1.165) is 16.8 Å². The fourth-order valence-electron chi connectivity index (χ4n) is 4.18. The number of aromatic nitrogens is 2. The third-order valence-electron chi connectivity index (χ3n) is 5.65. The average Bonchev–Trinajstić information content (AvgIpc) is 3.27. The van der Waals surface area contributed by atoms with Gasteiger partial charge >= 0.3 is 0 Å². The lowest BCUT2D eigenvalue weighted by atomic mass is 9.98. The molecule has 0 radical (unpaired) electrons. The maximum Gasteiger partial charge on any atom is 0.246 e. The number of hydrogen-bond donors (Lipinski definition) is 2. The van der Waals surface area contributed by atoms with Crippen LogP contribution in [0.15, 0.2) is 36.5 Å². The van der Waals surface area contributed by atoms with Gasteiger partial charge in [0.25, 0.3) is 0 Å². The number of amides is 2. The average molecular weight is 381 g/mol. The number of carbonyl (C=O) groups is 2. The fraction of sp³-hybridized carbons (Fsp3) is 0.476. The number of piperazine rings is 1. The molecule has 0 unspecified atom stereocenters. The first-order chi connectivity index (χ1) is 13.4. The van der Waals surface area contributed by atoms with Gasteiger partial charge in [-0.15, -0.1) is 0 Å². The molecule has 28 heavy (non-hydrogen) atoms. The van der Waals surface area contributed by atoms with Crippen molar-refractivity contribution >= 4 is 11.8 Å². The topological polar surface area (TPSA) is 79.3 Å². The van der Waals surface area contributed by atoms with Gasteiger partial charge in [0.15, 0.2) is 0 Å². The van der Waals surface area contributed by atoms with Crippen molar-refractivity contribution in [2.75, 3.05) is 6.54 Å². The highest BCUT2D eigenvalue weighted by Gasteiger charge is 2.46. The van der Waals surface area contributed by atoms with E-state index in [1.165, 1.54) is 0 Å². The van der Waals surface area contributed by atoms with Crippen LogP contribution in [0.4, 0.5) is 0 Å². The molecule has 2 aliphatic rings. The summed E-state index contributed by atoms with van der Waals surface area (Å²) in [4.78, 5) is 26.9. The molecular weight excluding hydrogens is 354 g/mol. The summed E-state index contributed by atoms with van der Waals surface area (Å²) in [6.45, 7) is 5.14. The van der Waals surface area contributed by atoms with Crippen LogP contribution in [0.3, 0.4) is 0 Å². The van der Waals surface area contributed by atoms with E-state index in [1.807, 2.05) is 50.0 Å². The van der Waals surface area contributed by atoms with E-state index in [4.69, 9.17) is 0 Å². The van der Waals surface area contributed by atoms with Crippen LogP contribution in [0.1, 0.15) is 25.8 Å². The molecule has 2 saturated heterocycles. The van der Waals surface area contributed by atoms with Crippen LogP contribution in [-0.2, 0) is 23.2 Å². The number of aryl methyl sites for hydroxylation is 1. The maximum absolute atomic E-state index is 12.7. The van der Waals surface area contributed by atoms with Crippen molar-refractivity contribution in [1.82, 2.24) is 25.3 Å². The van der Waals surface area contributed by atoms with Crippen LogP contribution in [0, 0.1) is 5.92 Å². The number of nitrogens with one attached hydrogen (secondary N) is 2. The van der Waals surface area contributed by atoms with Crippen molar-refractivity contribution in [3.63, 3.8) is 0 Å². The van der Waals surface area contributed by atoms with Crippen LogP contribution in [0.2, 0.25) is 0 Å². The van der Waals surface area contributed by atoms with Crippen molar-refractivity contribution in [1.29, 1.82) is 0 Å². The van der Waals surface area contributed by atoms with Crippen LogP contribution in [0.25, 0.3) is 11.3 Å². The van der Waals surface area contributed by atoms with Gasteiger partial charge in [0.05, 0.1) is 5.69 Å². The minimum Gasteiger partial charge on any atom is -0.342 e. The predicted molar refractivity (Wildman–Crippen MR) is 106 cm³/mol. The molecule has 1 aromatic heterocycles. The van der Waals surface area contributed by atoms with Gasteiger partial charge in [0, 0.05) is 43.5 Å². The smallest absolute Gasteiger partial charge is 0.246 e. The zero-order chi connectivity index (χ0) is 19.8. The van der Waals surface area contributed by atoms with Crippen molar-refractivity contribution in [3.05, 3.63) is 42.1 Å². The summed E-state index contributed by atoms with van der Waals surface area (Å²) in [5.41, 5.74) is 3.15. The van der Waals surface area contributed by atoms with Crippen LogP contribution in [-0.4, -0.2) is 51.2 Å². The Hall–Kier alpha value is -2.67. The molecule has 3 atom stereocenters. The number of hydrogen-bond acceptors (Lipinski definition) is 4. The zero-order valence-electron chi connectivity index (χ0n) is 16.6.